The number of piperazine rings is 1. The number of halogens is 1. The van der Waals surface area contributed by atoms with Crippen molar-refractivity contribution in [2.75, 3.05) is 38.1 Å². The molecule has 0 bridgehead atoms. The number of anilines is 1. The molecule has 10 heteroatoms. The number of nitrogens with zero attached hydrogens (tertiary/aromatic N) is 4. The molecule has 0 unspecified atom stereocenters. The molecule has 2 aromatic heterocycles. The van der Waals surface area contributed by atoms with E-state index in [2.05, 4.69) is 29.0 Å². The van der Waals surface area contributed by atoms with Crippen LogP contribution in [0.2, 0.25) is 0 Å². The molecule has 1 aromatic carbocycles. The van der Waals surface area contributed by atoms with E-state index >= 15 is 4.39 Å². The van der Waals surface area contributed by atoms with Crippen LogP contribution in [0.15, 0.2) is 18.2 Å². The highest BCUT2D eigenvalue weighted by Gasteiger charge is 2.31. The molecule has 9 nitrogen and oxygen atoms in total. The first kappa shape index (κ1) is 24.3. The average molecular weight is 497 g/mol. The maximum Gasteiger partial charge on any atom is 0.407 e. The van der Waals surface area contributed by atoms with E-state index in [1.54, 1.807) is 20.0 Å². The zero-order chi connectivity index (χ0) is 25.8. The van der Waals surface area contributed by atoms with Crippen molar-refractivity contribution in [2.45, 2.75) is 46.1 Å². The number of hydrogen-bond acceptors (Lipinski definition) is 4. The van der Waals surface area contributed by atoms with Crippen LogP contribution in [0.1, 0.15) is 38.4 Å². The molecular formula is C26H33FN6O3. The number of benzene rings is 1. The van der Waals surface area contributed by atoms with Crippen molar-refractivity contribution in [3.63, 3.8) is 0 Å². The third kappa shape index (κ3) is 4.34. The Morgan fingerprint density at radius 1 is 1.19 bits per heavy atom. The highest BCUT2D eigenvalue weighted by molar-refractivity contribution is 5.99. The fourth-order valence-electron chi connectivity index (χ4n) is 5.45. The first-order chi connectivity index (χ1) is 17.0. The van der Waals surface area contributed by atoms with E-state index in [9.17, 15) is 9.59 Å². The Labute approximate surface area is 209 Å². The van der Waals surface area contributed by atoms with Gasteiger partial charge in [0.25, 0.3) is 0 Å². The minimum absolute atomic E-state index is 0.197. The van der Waals surface area contributed by atoms with Gasteiger partial charge < -0.3 is 19.9 Å². The summed E-state index contributed by atoms with van der Waals surface area (Å²) in [5.41, 5.74) is 5.25. The van der Waals surface area contributed by atoms with E-state index in [-0.39, 0.29) is 17.0 Å². The molecule has 3 N–H and O–H groups in total. The normalized spacial score (nSPS) is 18.8. The Morgan fingerprint density at radius 3 is 2.61 bits per heavy atom. The van der Waals surface area contributed by atoms with Crippen LogP contribution in [-0.4, -0.2) is 81.4 Å². The minimum atomic E-state index is -0.953. The molecule has 5 rings (SSSR count). The van der Waals surface area contributed by atoms with E-state index in [1.807, 2.05) is 11.0 Å². The van der Waals surface area contributed by atoms with E-state index in [1.165, 1.54) is 21.4 Å². The summed E-state index contributed by atoms with van der Waals surface area (Å²) in [5, 5.41) is 17.6. The number of aromatic nitrogens is 3. The molecule has 1 aliphatic carbocycles. The minimum Gasteiger partial charge on any atom is -0.465 e. The fraction of sp³-hybridized carbons (Fsp3) is 0.500. The Morgan fingerprint density at radius 2 is 1.92 bits per heavy atom. The zero-order valence-electron chi connectivity index (χ0n) is 21.2. The molecule has 192 valence electrons. The van der Waals surface area contributed by atoms with Crippen molar-refractivity contribution in [1.29, 1.82) is 0 Å². The quantitative estimate of drug-likeness (QED) is 0.508. The van der Waals surface area contributed by atoms with Crippen molar-refractivity contribution in [3.8, 4) is 11.4 Å². The molecular weight excluding hydrogens is 463 g/mol. The van der Waals surface area contributed by atoms with Crippen LogP contribution in [-0.2, 0) is 17.6 Å². The lowest BCUT2D eigenvalue weighted by molar-refractivity contribution is -0.123. The zero-order valence-corrected chi connectivity index (χ0v) is 21.2. The Kier molecular flexibility index (Phi) is 6.02. The molecule has 1 fully saturated rings. The average Bonchev–Trinajstić information content (AvgIpc) is 3.44. The van der Waals surface area contributed by atoms with Gasteiger partial charge in [-0.15, -0.1) is 0 Å². The lowest BCUT2D eigenvalue weighted by atomic mass is 9.76. The largest absolute Gasteiger partial charge is 0.465 e. The predicted molar refractivity (Wildman–Crippen MR) is 136 cm³/mol. The van der Waals surface area contributed by atoms with E-state index < -0.39 is 18.0 Å². The first-order valence-corrected chi connectivity index (χ1v) is 12.4. The highest BCUT2D eigenvalue weighted by atomic mass is 19.1. The maximum absolute atomic E-state index is 15.2. The molecule has 2 amide bonds. The van der Waals surface area contributed by atoms with Crippen LogP contribution in [0.5, 0.6) is 0 Å². The van der Waals surface area contributed by atoms with Gasteiger partial charge in [0.1, 0.15) is 11.5 Å². The van der Waals surface area contributed by atoms with Crippen molar-refractivity contribution in [1.82, 2.24) is 25.0 Å². The van der Waals surface area contributed by atoms with Crippen LogP contribution < -0.4 is 4.90 Å². The summed E-state index contributed by atoms with van der Waals surface area (Å²) in [4.78, 5) is 32.4. The number of carbonyl (C=O) groups is 2. The number of nitrogens with one attached hydrogen (secondary N) is 2. The molecule has 3 aromatic rings. The van der Waals surface area contributed by atoms with Gasteiger partial charge in [0.15, 0.2) is 0 Å². The van der Waals surface area contributed by atoms with Gasteiger partial charge in [0.05, 0.1) is 17.4 Å². The number of H-pyrrole nitrogens is 2. The van der Waals surface area contributed by atoms with Crippen molar-refractivity contribution in [3.05, 3.63) is 35.3 Å². The van der Waals surface area contributed by atoms with E-state index in [0.29, 0.717) is 26.2 Å². The number of likely N-dealkylation sites (N-methyl/N-ethyl adjacent to an activating group) is 1. The molecule has 0 spiro atoms. The van der Waals surface area contributed by atoms with Crippen LogP contribution >= 0.6 is 0 Å². The van der Waals surface area contributed by atoms with Crippen LogP contribution in [0.25, 0.3) is 22.3 Å². The van der Waals surface area contributed by atoms with Crippen molar-refractivity contribution < 1.29 is 19.1 Å². The summed E-state index contributed by atoms with van der Waals surface area (Å²) in [6.45, 7) is 7.91. The lowest BCUT2D eigenvalue weighted by Gasteiger charge is -2.37. The molecule has 0 saturated carbocycles. The molecule has 2 aliphatic rings. The van der Waals surface area contributed by atoms with E-state index in [0.717, 1.165) is 47.2 Å². The van der Waals surface area contributed by atoms with Crippen LogP contribution in [0.3, 0.4) is 0 Å². The summed E-state index contributed by atoms with van der Waals surface area (Å²) in [5.74, 6) is -0.717. The Bertz CT molecular complexity index is 1320. The topological polar surface area (TPSA) is 109 Å². The summed E-state index contributed by atoms with van der Waals surface area (Å²) in [6.07, 6.45) is 2.02. The molecule has 36 heavy (non-hydrogen) atoms. The second kappa shape index (κ2) is 8.92. The predicted octanol–water partition coefficient (Wildman–Crippen LogP) is 3.86. The summed E-state index contributed by atoms with van der Waals surface area (Å²) in [6, 6.07) is 4.53. The molecule has 1 saturated heterocycles. The van der Waals surface area contributed by atoms with Crippen LogP contribution in [0, 0.1) is 11.2 Å². The van der Waals surface area contributed by atoms with Gasteiger partial charge in [-0.3, -0.25) is 14.8 Å². The van der Waals surface area contributed by atoms with Gasteiger partial charge in [-0.05, 0) is 49.8 Å². The Hall–Kier alpha value is -3.40. The maximum atomic E-state index is 15.2. The SMILES string of the molecule is C[C@@H](C(=O)N(C)c1cc2[nH]c(-c3n[nH]c4c3CCC(C)(C)C4)cc2cc1F)N1CCN(C(=O)O)CC1. The monoisotopic (exact) mass is 496 g/mol. The number of carbonyl (C=O) groups excluding carboxylic acids is 1. The van der Waals surface area contributed by atoms with Gasteiger partial charge >= 0.3 is 6.09 Å². The smallest absolute Gasteiger partial charge is 0.407 e. The molecule has 3 heterocycles. The number of hydrogen-bond donors (Lipinski definition) is 3. The van der Waals surface area contributed by atoms with Crippen LogP contribution in [0.4, 0.5) is 14.9 Å². The highest BCUT2D eigenvalue weighted by Crippen LogP contribution is 2.38. The molecule has 1 atom stereocenters. The van der Waals surface area contributed by atoms with Gasteiger partial charge in [-0.2, -0.15) is 5.10 Å². The third-order valence-corrected chi connectivity index (χ3v) is 7.79. The van der Waals surface area contributed by atoms with Gasteiger partial charge in [0, 0.05) is 55.4 Å². The second-order valence-corrected chi connectivity index (χ2v) is 10.8. The third-order valence-electron chi connectivity index (χ3n) is 7.79. The number of fused-ring (bicyclic) bond motifs is 2. The summed E-state index contributed by atoms with van der Waals surface area (Å²) in [7, 11) is 1.58. The fourth-order valence-corrected chi connectivity index (χ4v) is 5.45. The number of rotatable bonds is 4. The lowest BCUT2D eigenvalue weighted by Crippen LogP contribution is -2.55. The van der Waals surface area contributed by atoms with Crippen molar-refractivity contribution in [2.24, 2.45) is 5.41 Å². The summed E-state index contributed by atoms with van der Waals surface area (Å²) < 4.78 is 15.2. The standard InChI is InChI=1S/C26H33FN6O3/c1-15(32-7-9-33(10-8-32)25(35)36)24(34)31(4)22-13-19-16(11-18(22)27)12-20(28-19)23-17-5-6-26(2,3)14-21(17)29-30-23/h11-13,15,28H,5-10,14H2,1-4H3,(H,29,30)(H,35,36)/t15-/m0/s1. The Balaban J connectivity index is 1.37. The molecule has 1 aliphatic heterocycles. The van der Waals surface area contributed by atoms with Gasteiger partial charge in [-0.25, -0.2) is 9.18 Å². The van der Waals surface area contributed by atoms with Gasteiger partial charge in [-0.1, -0.05) is 13.8 Å². The summed E-state index contributed by atoms with van der Waals surface area (Å²) >= 11 is 0. The number of aromatic amines is 2. The van der Waals surface area contributed by atoms with E-state index in [4.69, 9.17) is 5.11 Å². The first-order valence-electron chi connectivity index (χ1n) is 12.4. The molecule has 0 radical (unpaired) electrons. The number of carboxylic acid groups (broad SMARTS) is 1. The second-order valence-electron chi connectivity index (χ2n) is 10.8. The number of amides is 2. The van der Waals surface area contributed by atoms with Crippen molar-refractivity contribution >= 4 is 28.6 Å². The van der Waals surface area contributed by atoms with Gasteiger partial charge in [0.2, 0.25) is 5.91 Å².